The van der Waals surface area contributed by atoms with Crippen LogP contribution in [-0.4, -0.2) is 0 Å². The maximum atomic E-state index is 5.82. The molecule has 88 valence electrons. The normalized spacial score (nSPS) is 10.3. The van der Waals surface area contributed by atoms with Crippen molar-refractivity contribution in [2.45, 2.75) is 13.8 Å². The van der Waals surface area contributed by atoms with Gasteiger partial charge in [-0.3, -0.25) is 0 Å². The lowest BCUT2D eigenvalue weighted by Gasteiger charge is -2.10. The molecule has 0 heterocycles. The van der Waals surface area contributed by atoms with Crippen LogP contribution in [0.2, 0.25) is 0 Å². The fourth-order valence-corrected chi connectivity index (χ4v) is 1.84. The van der Waals surface area contributed by atoms with Crippen molar-refractivity contribution in [3.05, 3.63) is 52.0 Å². The number of halogens is 1. The molecular formula is C14H14BrNO. The first-order valence-corrected chi connectivity index (χ1v) is 6.15. The van der Waals surface area contributed by atoms with Gasteiger partial charge in [0.15, 0.2) is 0 Å². The Hall–Kier alpha value is -1.48. The van der Waals surface area contributed by atoms with E-state index in [4.69, 9.17) is 10.5 Å². The number of benzene rings is 2. The third-order valence-electron chi connectivity index (χ3n) is 2.56. The number of hydrogen-bond donors (Lipinski definition) is 1. The van der Waals surface area contributed by atoms with E-state index in [-0.39, 0.29) is 0 Å². The molecule has 2 N–H and O–H groups in total. The fourth-order valence-electron chi connectivity index (χ4n) is 1.59. The Balaban J connectivity index is 2.28. The largest absolute Gasteiger partial charge is 0.457 e. The Morgan fingerprint density at radius 1 is 1.00 bits per heavy atom. The summed E-state index contributed by atoms with van der Waals surface area (Å²) < 4.78 is 6.91. The lowest BCUT2D eigenvalue weighted by atomic mass is 10.2. The van der Waals surface area contributed by atoms with Crippen molar-refractivity contribution in [3.63, 3.8) is 0 Å². The van der Waals surface area contributed by atoms with Gasteiger partial charge in [-0.25, -0.2) is 0 Å². The first-order chi connectivity index (χ1) is 8.06. The number of hydrogen-bond acceptors (Lipinski definition) is 2. The number of nitrogen functional groups attached to an aromatic ring is 1. The van der Waals surface area contributed by atoms with E-state index >= 15 is 0 Å². The highest BCUT2D eigenvalue weighted by molar-refractivity contribution is 9.10. The molecule has 3 heteroatoms. The van der Waals surface area contributed by atoms with E-state index in [0.29, 0.717) is 0 Å². The van der Waals surface area contributed by atoms with E-state index in [2.05, 4.69) is 15.9 Å². The predicted octanol–water partition coefficient (Wildman–Crippen LogP) is 4.44. The Morgan fingerprint density at radius 3 is 2.41 bits per heavy atom. The molecule has 0 fully saturated rings. The summed E-state index contributed by atoms with van der Waals surface area (Å²) in [5.74, 6) is 1.67. The van der Waals surface area contributed by atoms with Crippen LogP contribution in [0.4, 0.5) is 5.69 Å². The molecule has 0 radical (unpaired) electrons. The molecule has 2 nitrogen and oxygen atoms in total. The third kappa shape index (κ3) is 2.80. The average Bonchev–Trinajstić information content (AvgIpc) is 2.27. The standard InChI is InChI=1S/C14H14BrNO/c1-9-8-12(4-5-13(9)15)17-14-6-3-11(16)7-10(14)2/h3-8H,16H2,1-2H3. The molecule has 0 amide bonds. The molecule has 0 aliphatic heterocycles. The molecular weight excluding hydrogens is 278 g/mol. The minimum absolute atomic E-state index is 0.752. The molecule has 0 aromatic heterocycles. The SMILES string of the molecule is Cc1cc(Oc2ccc(N)cc2C)ccc1Br. The molecule has 0 saturated carbocycles. The lowest BCUT2D eigenvalue weighted by molar-refractivity contribution is 0.478. The Bertz CT molecular complexity index is 552. The first kappa shape index (κ1) is 12.0. The van der Waals surface area contributed by atoms with Crippen LogP contribution in [-0.2, 0) is 0 Å². The quantitative estimate of drug-likeness (QED) is 0.830. The van der Waals surface area contributed by atoms with Gasteiger partial charge < -0.3 is 10.5 Å². The van der Waals surface area contributed by atoms with Crippen LogP contribution in [0.3, 0.4) is 0 Å². The van der Waals surface area contributed by atoms with Gasteiger partial charge in [0, 0.05) is 10.2 Å². The van der Waals surface area contributed by atoms with Gasteiger partial charge in [-0.05, 0) is 61.4 Å². The van der Waals surface area contributed by atoms with E-state index in [1.807, 2.05) is 50.2 Å². The molecule has 0 aliphatic carbocycles. The lowest BCUT2D eigenvalue weighted by Crippen LogP contribution is -1.91. The number of ether oxygens (including phenoxy) is 1. The van der Waals surface area contributed by atoms with Crippen LogP contribution in [0.1, 0.15) is 11.1 Å². The molecule has 0 saturated heterocycles. The van der Waals surface area contributed by atoms with Crippen LogP contribution in [0.15, 0.2) is 40.9 Å². The fraction of sp³-hybridized carbons (Fsp3) is 0.143. The minimum Gasteiger partial charge on any atom is -0.457 e. The number of aryl methyl sites for hydroxylation is 2. The summed E-state index contributed by atoms with van der Waals surface area (Å²) >= 11 is 3.47. The van der Waals surface area contributed by atoms with Crippen LogP contribution in [0.5, 0.6) is 11.5 Å². The van der Waals surface area contributed by atoms with E-state index in [1.54, 1.807) is 0 Å². The van der Waals surface area contributed by atoms with E-state index in [0.717, 1.165) is 32.8 Å². The highest BCUT2D eigenvalue weighted by Gasteiger charge is 2.03. The van der Waals surface area contributed by atoms with Gasteiger partial charge >= 0.3 is 0 Å². The third-order valence-corrected chi connectivity index (χ3v) is 3.45. The maximum absolute atomic E-state index is 5.82. The van der Waals surface area contributed by atoms with Gasteiger partial charge in [0.1, 0.15) is 11.5 Å². The summed E-state index contributed by atoms with van der Waals surface area (Å²) in [6.45, 7) is 4.02. The highest BCUT2D eigenvalue weighted by Crippen LogP contribution is 2.29. The van der Waals surface area contributed by atoms with Gasteiger partial charge in [0.05, 0.1) is 0 Å². The molecule has 0 bridgehead atoms. The zero-order valence-electron chi connectivity index (χ0n) is 9.83. The summed E-state index contributed by atoms with van der Waals surface area (Å²) in [4.78, 5) is 0. The second-order valence-electron chi connectivity index (χ2n) is 4.04. The zero-order chi connectivity index (χ0) is 12.4. The zero-order valence-corrected chi connectivity index (χ0v) is 11.4. The average molecular weight is 292 g/mol. The van der Waals surface area contributed by atoms with Crippen molar-refractivity contribution >= 4 is 21.6 Å². The second kappa shape index (κ2) is 4.80. The van der Waals surface area contributed by atoms with Crippen LogP contribution >= 0.6 is 15.9 Å². The van der Waals surface area contributed by atoms with Gasteiger partial charge in [-0.1, -0.05) is 15.9 Å². The summed E-state index contributed by atoms with van der Waals surface area (Å²) in [7, 11) is 0. The molecule has 2 aromatic rings. The molecule has 0 atom stereocenters. The predicted molar refractivity (Wildman–Crippen MR) is 74.5 cm³/mol. The molecule has 0 aliphatic rings. The van der Waals surface area contributed by atoms with Gasteiger partial charge in [-0.2, -0.15) is 0 Å². The van der Waals surface area contributed by atoms with E-state index in [9.17, 15) is 0 Å². The first-order valence-electron chi connectivity index (χ1n) is 5.36. The monoisotopic (exact) mass is 291 g/mol. The number of nitrogens with two attached hydrogens (primary N) is 1. The van der Waals surface area contributed by atoms with Crippen molar-refractivity contribution < 1.29 is 4.74 Å². The van der Waals surface area contributed by atoms with Gasteiger partial charge in [0.2, 0.25) is 0 Å². The maximum Gasteiger partial charge on any atom is 0.130 e. The Morgan fingerprint density at radius 2 is 1.76 bits per heavy atom. The summed E-state index contributed by atoms with van der Waals surface area (Å²) in [5, 5.41) is 0. The van der Waals surface area contributed by atoms with Gasteiger partial charge in [0.25, 0.3) is 0 Å². The van der Waals surface area contributed by atoms with Crippen molar-refractivity contribution in [1.29, 1.82) is 0 Å². The Kier molecular flexibility index (Phi) is 3.38. The van der Waals surface area contributed by atoms with E-state index in [1.165, 1.54) is 0 Å². The number of rotatable bonds is 2. The summed E-state index contributed by atoms with van der Waals surface area (Å²) in [5.41, 5.74) is 8.64. The minimum atomic E-state index is 0.752. The van der Waals surface area contributed by atoms with Crippen molar-refractivity contribution in [1.82, 2.24) is 0 Å². The summed E-state index contributed by atoms with van der Waals surface area (Å²) in [6.07, 6.45) is 0. The topological polar surface area (TPSA) is 35.2 Å². The number of anilines is 1. The van der Waals surface area contributed by atoms with E-state index < -0.39 is 0 Å². The molecule has 2 aromatic carbocycles. The van der Waals surface area contributed by atoms with Crippen LogP contribution < -0.4 is 10.5 Å². The van der Waals surface area contributed by atoms with Crippen molar-refractivity contribution in [3.8, 4) is 11.5 Å². The smallest absolute Gasteiger partial charge is 0.130 e. The van der Waals surface area contributed by atoms with Crippen LogP contribution in [0.25, 0.3) is 0 Å². The molecule has 0 spiro atoms. The Labute approximate surface area is 110 Å². The van der Waals surface area contributed by atoms with Crippen molar-refractivity contribution in [2.24, 2.45) is 0 Å². The van der Waals surface area contributed by atoms with Crippen molar-refractivity contribution in [2.75, 3.05) is 5.73 Å². The molecule has 0 unspecified atom stereocenters. The van der Waals surface area contributed by atoms with Crippen LogP contribution in [0, 0.1) is 13.8 Å². The van der Waals surface area contributed by atoms with Gasteiger partial charge in [-0.15, -0.1) is 0 Å². The molecule has 2 rings (SSSR count). The second-order valence-corrected chi connectivity index (χ2v) is 4.89. The molecule has 17 heavy (non-hydrogen) atoms. The summed E-state index contributed by atoms with van der Waals surface area (Å²) in [6, 6.07) is 11.6. The highest BCUT2D eigenvalue weighted by atomic mass is 79.9.